The van der Waals surface area contributed by atoms with Crippen molar-refractivity contribution in [3.63, 3.8) is 0 Å². The summed E-state index contributed by atoms with van der Waals surface area (Å²) in [5, 5.41) is 0. The van der Waals surface area contributed by atoms with Crippen LogP contribution in [0.2, 0.25) is 0 Å². The molecule has 1 fully saturated rings. The number of rotatable bonds is 3. The predicted molar refractivity (Wildman–Crippen MR) is 80.1 cm³/mol. The molecule has 1 saturated carbocycles. The molecule has 0 radical (unpaired) electrons. The Balaban J connectivity index is 2.43. The first-order valence-corrected chi connectivity index (χ1v) is 7.95. The van der Waals surface area contributed by atoms with Gasteiger partial charge in [-0.15, -0.1) is 0 Å². The van der Waals surface area contributed by atoms with Gasteiger partial charge in [-0.1, -0.05) is 71.3 Å². The summed E-state index contributed by atoms with van der Waals surface area (Å²) in [6.45, 7) is 6.28. The van der Waals surface area contributed by atoms with Gasteiger partial charge in [-0.25, -0.2) is 4.79 Å². The molecule has 0 heterocycles. The highest BCUT2D eigenvalue weighted by atomic mass is 16.5. The molecule has 19 heavy (non-hydrogen) atoms. The van der Waals surface area contributed by atoms with E-state index in [2.05, 4.69) is 13.5 Å². The SMILES string of the molecule is C=CC(=O)OCC1(C)CCCCCCCCCCC1. The second-order valence-electron chi connectivity index (χ2n) is 6.30. The van der Waals surface area contributed by atoms with E-state index in [0.29, 0.717) is 6.61 Å². The van der Waals surface area contributed by atoms with Crippen LogP contribution in [0, 0.1) is 5.41 Å². The van der Waals surface area contributed by atoms with E-state index in [4.69, 9.17) is 4.74 Å². The van der Waals surface area contributed by atoms with Gasteiger partial charge in [-0.05, 0) is 12.8 Å². The Bertz CT molecular complexity index is 258. The third-order valence-corrected chi connectivity index (χ3v) is 4.29. The maximum Gasteiger partial charge on any atom is 0.330 e. The summed E-state index contributed by atoms with van der Waals surface area (Å²) in [5.74, 6) is -0.285. The van der Waals surface area contributed by atoms with Crippen LogP contribution in [0.4, 0.5) is 0 Å². The van der Waals surface area contributed by atoms with Crippen molar-refractivity contribution >= 4 is 5.97 Å². The lowest BCUT2D eigenvalue weighted by molar-refractivity contribution is -0.141. The summed E-state index contributed by atoms with van der Waals surface area (Å²) in [6.07, 6.45) is 15.7. The van der Waals surface area contributed by atoms with Gasteiger partial charge in [0.15, 0.2) is 0 Å². The van der Waals surface area contributed by atoms with E-state index in [1.165, 1.54) is 76.7 Å². The molecule has 0 aromatic rings. The zero-order chi connectivity index (χ0) is 14.0. The Morgan fingerprint density at radius 1 is 1.00 bits per heavy atom. The smallest absolute Gasteiger partial charge is 0.330 e. The quantitative estimate of drug-likeness (QED) is 0.529. The van der Waals surface area contributed by atoms with Crippen molar-refractivity contribution in [1.29, 1.82) is 0 Å². The van der Waals surface area contributed by atoms with Gasteiger partial charge < -0.3 is 4.74 Å². The number of carbonyl (C=O) groups is 1. The van der Waals surface area contributed by atoms with Crippen LogP contribution in [0.15, 0.2) is 12.7 Å². The first-order valence-electron chi connectivity index (χ1n) is 7.95. The standard InChI is InChI=1S/C17H30O2/c1-3-16(18)19-15-17(2)13-11-9-7-5-4-6-8-10-12-14-17/h3H,1,4-15H2,2H3. The van der Waals surface area contributed by atoms with Gasteiger partial charge in [0.2, 0.25) is 0 Å². The van der Waals surface area contributed by atoms with Gasteiger partial charge in [0, 0.05) is 11.5 Å². The average molecular weight is 266 g/mol. The number of esters is 1. The Morgan fingerprint density at radius 2 is 1.42 bits per heavy atom. The van der Waals surface area contributed by atoms with E-state index < -0.39 is 0 Å². The molecular weight excluding hydrogens is 236 g/mol. The predicted octanol–water partition coefficient (Wildman–Crippen LogP) is 5.03. The summed E-state index contributed by atoms with van der Waals surface area (Å²) in [4.78, 5) is 11.2. The fourth-order valence-corrected chi connectivity index (χ4v) is 2.91. The molecule has 1 rings (SSSR count). The molecule has 0 aromatic heterocycles. The van der Waals surface area contributed by atoms with Crippen molar-refractivity contribution in [3.05, 3.63) is 12.7 Å². The highest BCUT2D eigenvalue weighted by Crippen LogP contribution is 2.32. The van der Waals surface area contributed by atoms with Crippen molar-refractivity contribution < 1.29 is 9.53 Å². The van der Waals surface area contributed by atoms with Crippen LogP contribution in [-0.2, 0) is 9.53 Å². The number of carbonyl (C=O) groups excluding carboxylic acids is 1. The molecule has 0 N–H and O–H groups in total. The molecular formula is C17H30O2. The zero-order valence-electron chi connectivity index (χ0n) is 12.6. The van der Waals surface area contributed by atoms with Crippen LogP contribution >= 0.6 is 0 Å². The van der Waals surface area contributed by atoms with Crippen molar-refractivity contribution in [2.45, 2.75) is 77.6 Å². The van der Waals surface area contributed by atoms with Crippen molar-refractivity contribution in [1.82, 2.24) is 0 Å². The highest BCUT2D eigenvalue weighted by Gasteiger charge is 2.25. The number of hydrogen-bond donors (Lipinski definition) is 0. The second-order valence-corrected chi connectivity index (χ2v) is 6.30. The van der Waals surface area contributed by atoms with E-state index in [1.54, 1.807) is 0 Å². The van der Waals surface area contributed by atoms with Gasteiger partial charge in [-0.2, -0.15) is 0 Å². The van der Waals surface area contributed by atoms with Crippen LogP contribution in [0.3, 0.4) is 0 Å². The largest absolute Gasteiger partial charge is 0.462 e. The van der Waals surface area contributed by atoms with E-state index in [9.17, 15) is 4.79 Å². The van der Waals surface area contributed by atoms with Gasteiger partial charge >= 0.3 is 5.97 Å². The molecule has 0 aliphatic heterocycles. The van der Waals surface area contributed by atoms with E-state index >= 15 is 0 Å². The minimum Gasteiger partial charge on any atom is -0.462 e. The molecule has 0 bridgehead atoms. The molecule has 1 aliphatic rings. The van der Waals surface area contributed by atoms with Gasteiger partial charge in [0.05, 0.1) is 6.61 Å². The maximum absolute atomic E-state index is 11.2. The molecule has 0 unspecified atom stereocenters. The molecule has 110 valence electrons. The molecule has 1 aliphatic carbocycles. The summed E-state index contributed by atoms with van der Waals surface area (Å²) in [6, 6.07) is 0. The van der Waals surface area contributed by atoms with Gasteiger partial charge in [0.25, 0.3) is 0 Å². The fraction of sp³-hybridized carbons (Fsp3) is 0.824. The molecule has 0 spiro atoms. The Hall–Kier alpha value is -0.790. The Morgan fingerprint density at radius 3 is 1.84 bits per heavy atom. The van der Waals surface area contributed by atoms with Gasteiger partial charge in [0.1, 0.15) is 0 Å². The van der Waals surface area contributed by atoms with Crippen LogP contribution in [0.1, 0.15) is 77.6 Å². The average Bonchev–Trinajstić information content (AvgIpc) is 2.40. The summed E-state index contributed by atoms with van der Waals surface area (Å²) in [7, 11) is 0. The minimum absolute atomic E-state index is 0.165. The fourth-order valence-electron chi connectivity index (χ4n) is 2.91. The lowest BCUT2D eigenvalue weighted by Gasteiger charge is -2.29. The lowest BCUT2D eigenvalue weighted by Crippen LogP contribution is -2.25. The summed E-state index contributed by atoms with van der Waals surface area (Å²) in [5.41, 5.74) is 0.165. The van der Waals surface area contributed by atoms with Crippen molar-refractivity contribution in [2.24, 2.45) is 5.41 Å². The Kier molecular flexibility index (Phi) is 7.85. The van der Waals surface area contributed by atoms with Crippen molar-refractivity contribution in [3.8, 4) is 0 Å². The van der Waals surface area contributed by atoms with E-state index in [1.807, 2.05) is 0 Å². The molecule has 2 nitrogen and oxygen atoms in total. The van der Waals surface area contributed by atoms with Gasteiger partial charge in [-0.3, -0.25) is 0 Å². The highest BCUT2D eigenvalue weighted by molar-refractivity contribution is 5.81. The number of ether oxygens (including phenoxy) is 1. The summed E-state index contributed by atoms with van der Waals surface area (Å²) >= 11 is 0. The van der Waals surface area contributed by atoms with E-state index in [0.717, 1.165) is 0 Å². The molecule has 0 amide bonds. The number of hydrogen-bond acceptors (Lipinski definition) is 2. The zero-order valence-corrected chi connectivity index (χ0v) is 12.6. The second kappa shape index (κ2) is 9.17. The molecule has 0 aromatic carbocycles. The minimum atomic E-state index is -0.285. The first kappa shape index (κ1) is 16.3. The molecule has 0 atom stereocenters. The maximum atomic E-state index is 11.2. The topological polar surface area (TPSA) is 26.3 Å². The first-order chi connectivity index (χ1) is 9.16. The van der Waals surface area contributed by atoms with Crippen LogP contribution < -0.4 is 0 Å². The summed E-state index contributed by atoms with van der Waals surface area (Å²) < 4.78 is 5.30. The molecule has 0 saturated heterocycles. The van der Waals surface area contributed by atoms with Crippen LogP contribution in [0.5, 0.6) is 0 Å². The third-order valence-electron chi connectivity index (χ3n) is 4.29. The third kappa shape index (κ3) is 7.39. The van der Waals surface area contributed by atoms with Crippen LogP contribution in [-0.4, -0.2) is 12.6 Å². The monoisotopic (exact) mass is 266 g/mol. The normalized spacial score (nSPS) is 21.7. The van der Waals surface area contributed by atoms with Crippen molar-refractivity contribution in [2.75, 3.05) is 6.61 Å². The van der Waals surface area contributed by atoms with Crippen LogP contribution in [0.25, 0.3) is 0 Å². The molecule has 2 heteroatoms. The lowest BCUT2D eigenvalue weighted by atomic mass is 9.80. The van der Waals surface area contributed by atoms with E-state index in [-0.39, 0.29) is 11.4 Å². The Labute approximate surface area is 118 Å².